The SMILES string of the molecule is COc1cc(CN(CCc2ccccn2)C(=O)c2ccccc2C(F)(F)F)ccc1OCc1ccccc1. The van der Waals surface area contributed by atoms with Gasteiger partial charge in [0, 0.05) is 31.4 Å². The average molecular weight is 521 g/mol. The molecule has 1 heterocycles. The lowest BCUT2D eigenvalue weighted by atomic mass is 10.0. The normalized spacial score (nSPS) is 11.2. The monoisotopic (exact) mass is 520 g/mol. The molecule has 38 heavy (non-hydrogen) atoms. The van der Waals surface area contributed by atoms with Crippen LogP contribution in [0.3, 0.4) is 0 Å². The van der Waals surface area contributed by atoms with Crippen molar-refractivity contribution in [3.8, 4) is 11.5 Å². The first-order valence-corrected chi connectivity index (χ1v) is 12.0. The molecule has 0 saturated heterocycles. The second kappa shape index (κ2) is 12.3. The van der Waals surface area contributed by atoms with Gasteiger partial charge in [0.1, 0.15) is 6.61 Å². The summed E-state index contributed by atoms with van der Waals surface area (Å²) in [6.45, 7) is 0.600. The Kier molecular flexibility index (Phi) is 8.63. The second-order valence-electron chi connectivity index (χ2n) is 8.60. The number of ether oxygens (including phenoxy) is 2. The summed E-state index contributed by atoms with van der Waals surface area (Å²) in [6, 6.07) is 25.2. The standard InChI is InChI=1S/C30H27F3N2O3/c1-37-28-19-23(14-15-27(28)38-21-22-9-3-2-4-10-22)20-35(18-16-24-11-7-8-17-34-24)29(36)25-12-5-6-13-26(25)30(31,32)33/h2-15,17,19H,16,18,20-21H2,1H3. The Morgan fingerprint density at radius 1 is 0.868 bits per heavy atom. The number of alkyl halides is 3. The second-order valence-corrected chi connectivity index (χ2v) is 8.60. The van der Waals surface area contributed by atoms with Crippen LogP contribution in [0.25, 0.3) is 0 Å². The molecule has 0 unspecified atom stereocenters. The minimum absolute atomic E-state index is 0.0766. The summed E-state index contributed by atoms with van der Waals surface area (Å²) in [6.07, 6.45) is -2.63. The van der Waals surface area contributed by atoms with Crippen LogP contribution >= 0.6 is 0 Å². The third-order valence-corrected chi connectivity index (χ3v) is 5.95. The van der Waals surface area contributed by atoms with Crippen LogP contribution < -0.4 is 9.47 Å². The predicted molar refractivity (Wildman–Crippen MR) is 138 cm³/mol. The Hall–Kier alpha value is -4.33. The number of hydrogen-bond acceptors (Lipinski definition) is 4. The van der Waals surface area contributed by atoms with Gasteiger partial charge in [-0.1, -0.05) is 54.6 Å². The maximum absolute atomic E-state index is 13.7. The van der Waals surface area contributed by atoms with Crippen LogP contribution in [0, 0.1) is 0 Å². The Bertz CT molecular complexity index is 1350. The number of rotatable bonds is 10. The van der Waals surface area contributed by atoms with Crippen LogP contribution in [-0.4, -0.2) is 29.4 Å². The van der Waals surface area contributed by atoms with Crippen molar-refractivity contribution in [3.63, 3.8) is 0 Å². The number of pyridine rings is 1. The van der Waals surface area contributed by atoms with Gasteiger partial charge in [-0.15, -0.1) is 0 Å². The molecule has 0 aliphatic rings. The first-order chi connectivity index (χ1) is 18.3. The van der Waals surface area contributed by atoms with Gasteiger partial charge in [0.25, 0.3) is 5.91 Å². The molecule has 3 aromatic carbocycles. The van der Waals surface area contributed by atoms with E-state index in [4.69, 9.17) is 9.47 Å². The fourth-order valence-electron chi connectivity index (χ4n) is 4.02. The average Bonchev–Trinajstić information content (AvgIpc) is 2.94. The molecule has 0 radical (unpaired) electrons. The molecule has 0 aliphatic heterocycles. The Balaban J connectivity index is 1.58. The van der Waals surface area contributed by atoms with Gasteiger partial charge in [0.15, 0.2) is 11.5 Å². The number of nitrogens with zero attached hydrogens (tertiary/aromatic N) is 2. The van der Waals surface area contributed by atoms with Gasteiger partial charge < -0.3 is 14.4 Å². The maximum Gasteiger partial charge on any atom is 0.417 e. The zero-order valence-corrected chi connectivity index (χ0v) is 20.8. The molecule has 4 rings (SSSR count). The molecule has 0 fully saturated rings. The molecule has 1 aromatic heterocycles. The summed E-state index contributed by atoms with van der Waals surface area (Å²) >= 11 is 0. The van der Waals surface area contributed by atoms with E-state index < -0.39 is 23.2 Å². The largest absolute Gasteiger partial charge is 0.493 e. The number of carbonyl (C=O) groups excluding carboxylic acids is 1. The molecular formula is C30H27F3N2O3. The number of aromatic nitrogens is 1. The van der Waals surface area contributed by atoms with Crippen LogP contribution in [-0.2, 0) is 25.7 Å². The highest BCUT2D eigenvalue weighted by molar-refractivity contribution is 5.96. The Labute approximate surface area is 219 Å². The topological polar surface area (TPSA) is 51.7 Å². The summed E-state index contributed by atoms with van der Waals surface area (Å²) in [7, 11) is 1.51. The number of methoxy groups -OCH3 is 1. The van der Waals surface area contributed by atoms with Crippen molar-refractivity contribution in [2.45, 2.75) is 25.7 Å². The zero-order chi connectivity index (χ0) is 27.0. The van der Waals surface area contributed by atoms with Crippen molar-refractivity contribution >= 4 is 5.91 Å². The van der Waals surface area contributed by atoms with Crippen LogP contribution in [0.5, 0.6) is 11.5 Å². The van der Waals surface area contributed by atoms with Gasteiger partial charge in [0.2, 0.25) is 0 Å². The number of carbonyl (C=O) groups is 1. The van der Waals surface area contributed by atoms with Gasteiger partial charge in [0.05, 0.1) is 18.2 Å². The third-order valence-electron chi connectivity index (χ3n) is 5.95. The highest BCUT2D eigenvalue weighted by Gasteiger charge is 2.36. The minimum Gasteiger partial charge on any atom is -0.493 e. The van der Waals surface area contributed by atoms with Crippen LogP contribution in [0.15, 0.2) is 97.2 Å². The summed E-state index contributed by atoms with van der Waals surface area (Å²) in [4.78, 5) is 19.1. The summed E-state index contributed by atoms with van der Waals surface area (Å²) in [5.41, 5.74) is 1.06. The molecule has 0 aliphatic carbocycles. The first-order valence-electron chi connectivity index (χ1n) is 12.0. The zero-order valence-electron chi connectivity index (χ0n) is 20.8. The molecule has 0 saturated carbocycles. The van der Waals surface area contributed by atoms with E-state index in [2.05, 4.69) is 4.98 Å². The Morgan fingerprint density at radius 2 is 1.61 bits per heavy atom. The van der Waals surface area contributed by atoms with E-state index in [9.17, 15) is 18.0 Å². The lowest BCUT2D eigenvalue weighted by molar-refractivity contribution is -0.138. The molecule has 0 spiro atoms. The van der Waals surface area contributed by atoms with Crippen molar-refractivity contribution in [3.05, 3.63) is 125 Å². The minimum atomic E-state index is -4.65. The van der Waals surface area contributed by atoms with E-state index >= 15 is 0 Å². The molecule has 5 nitrogen and oxygen atoms in total. The van der Waals surface area contributed by atoms with E-state index in [0.29, 0.717) is 30.1 Å². The molecule has 196 valence electrons. The van der Waals surface area contributed by atoms with Gasteiger partial charge >= 0.3 is 6.18 Å². The summed E-state index contributed by atoms with van der Waals surface area (Å²) < 4.78 is 52.4. The lowest BCUT2D eigenvalue weighted by Crippen LogP contribution is -2.34. The third kappa shape index (κ3) is 6.91. The van der Waals surface area contributed by atoms with E-state index in [1.165, 1.54) is 30.2 Å². The highest BCUT2D eigenvalue weighted by Crippen LogP contribution is 2.33. The first kappa shape index (κ1) is 26.7. The smallest absolute Gasteiger partial charge is 0.417 e. The van der Waals surface area contributed by atoms with Crippen molar-refractivity contribution in [1.29, 1.82) is 0 Å². The summed E-state index contributed by atoms with van der Waals surface area (Å²) in [5.74, 6) is 0.275. The van der Waals surface area contributed by atoms with Gasteiger partial charge in [-0.2, -0.15) is 13.2 Å². The number of halogens is 3. The van der Waals surface area contributed by atoms with Crippen molar-refractivity contribution < 1.29 is 27.4 Å². The van der Waals surface area contributed by atoms with Gasteiger partial charge in [-0.25, -0.2) is 0 Å². The number of hydrogen-bond donors (Lipinski definition) is 0. The van der Waals surface area contributed by atoms with Gasteiger partial charge in [-0.05, 0) is 47.5 Å². The molecule has 8 heteroatoms. The van der Waals surface area contributed by atoms with E-state index in [0.717, 1.165) is 17.3 Å². The molecule has 1 amide bonds. The number of benzene rings is 3. The quantitative estimate of drug-likeness (QED) is 0.237. The van der Waals surface area contributed by atoms with E-state index in [-0.39, 0.29) is 13.1 Å². The van der Waals surface area contributed by atoms with Crippen molar-refractivity contribution in [2.24, 2.45) is 0 Å². The fourth-order valence-corrected chi connectivity index (χ4v) is 4.02. The van der Waals surface area contributed by atoms with Crippen molar-refractivity contribution in [1.82, 2.24) is 9.88 Å². The van der Waals surface area contributed by atoms with E-state index in [1.807, 2.05) is 42.5 Å². The Morgan fingerprint density at radius 3 is 2.32 bits per heavy atom. The van der Waals surface area contributed by atoms with Crippen LogP contribution in [0.2, 0.25) is 0 Å². The molecule has 0 bridgehead atoms. The van der Waals surface area contributed by atoms with Gasteiger partial charge in [-0.3, -0.25) is 9.78 Å². The van der Waals surface area contributed by atoms with Crippen LogP contribution in [0.4, 0.5) is 13.2 Å². The predicted octanol–water partition coefficient (Wildman–Crippen LogP) is 6.57. The fraction of sp³-hybridized carbons (Fsp3) is 0.200. The maximum atomic E-state index is 13.7. The molecule has 0 atom stereocenters. The molecular weight excluding hydrogens is 493 g/mol. The van der Waals surface area contributed by atoms with E-state index in [1.54, 1.807) is 30.5 Å². The highest BCUT2D eigenvalue weighted by atomic mass is 19.4. The van der Waals surface area contributed by atoms with Crippen molar-refractivity contribution in [2.75, 3.05) is 13.7 Å². The molecule has 4 aromatic rings. The lowest BCUT2D eigenvalue weighted by Gasteiger charge is -2.25. The molecule has 0 N–H and O–H groups in total. The number of amides is 1. The van der Waals surface area contributed by atoms with Crippen LogP contribution in [0.1, 0.15) is 32.7 Å². The summed E-state index contributed by atoms with van der Waals surface area (Å²) in [5, 5.41) is 0.